The Morgan fingerprint density at radius 2 is 1.90 bits per heavy atom. The van der Waals surface area contributed by atoms with Gasteiger partial charge in [0.1, 0.15) is 6.04 Å². The molecule has 30 heavy (non-hydrogen) atoms. The zero-order valence-electron chi connectivity index (χ0n) is 17.0. The van der Waals surface area contributed by atoms with Crippen molar-refractivity contribution in [3.8, 4) is 0 Å². The quantitative estimate of drug-likeness (QED) is 0.415. The number of nitrogens with zero attached hydrogens (tertiary/aromatic N) is 4. The van der Waals surface area contributed by atoms with Crippen molar-refractivity contribution in [1.82, 2.24) is 19.1 Å². The predicted molar refractivity (Wildman–Crippen MR) is 112 cm³/mol. The number of esters is 1. The second kappa shape index (κ2) is 9.91. The first-order valence-corrected chi connectivity index (χ1v) is 11.3. The highest BCUT2D eigenvalue weighted by molar-refractivity contribution is 7.99. The van der Waals surface area contributed by atoms with Gasteiger partial charge in [-0.3, -0.25) is 14.2 Å². The number of methoxy groups -OCH3 is 1. The van der Waals surface area contributed by atoms with Gasteiger partial charge in [0.05, 0.1) is 17.8 Å². The molecule has 0 bridgehead atoms. The largest absolute Gasteiger partial charge is 0.468 e. The number of thioether (sulfide) groups is 1. The van der Waals surface area contributed by atoms with E-state index in [-0.39, 0.29) is 22.5 Å². The molecule has 1 unspecified atom stereocenters. The number of carbonyl (C=O) groups is 2. The van der Waals surface area contributed by atoms with Crippen LogP contribution in [0.1, 0.15) is 19.4 Å². The van der Waals surface area contributed by atoms with Gasteiger partial charge in [0.25, 0.3) is 0 Å². The number of nitrogens with one attached hydrogen (secondary N) is 1. The van der Waals surface area contributed by atoms with Crippen molar-refractivity contribution in [2.45, 2.75) is 29.4 Å². The first-order chi connectivity index (χ1) is 14.1. The van der Waals surface area contributed by atoms with Gasteiger partial charge in [-0.15, -0.1) is 10.2 Å². The summed E-state index contributed by atoms with van der Waals surface area (Å²) in [6.07, 6.45) is 0.382. The van der Waals surface area contributed by atoms with Crippen molar-refractivity contribution < 1.29 is 22.7 Å². The minimum atomic E-state index is -3.56. The number of hydrogen-bond acceptors (Lipinski definition) is 9. The summed E-state index contributed by atoms with van der Waals surface area (Å²) in [4.78, 5) is 24.4. The van der Waals surface area contributed by atoms with E-state index in [1.165, 1.54) is 50.0 Å². The molecule has 1 aromatic carbocycles. The highest BCUT2D eigenvalue weighted by Crippen LogP contribution is 2.26. The third-order valence-electron chi connectivity index (χ3n) is 4.14. The Hall–Kier alpha value is -2.64. The number of hydrogen-bond donors (Lipinski definition) is 2. The molecule has 164 valence electrons. The summed E-state index contributed by atoms with van der Waals surface area (Å²) in [7, 11) is 0.596. The fraction of sp³-hybridized carbons (Fsp3) is 0.412. The van der Waals surface area contributed by atoms with Crippen LogP contribution in [0.25, 0.3) is 0 Å². The number of anilines is 2. The second-order valence-electron chi connectivity index (χ2n) is 6.30. The Kier molecular flexibility index (Phi) is 7.81. The summed E-state index contributed by atoms with van der Waals surface area (Å²) in [5.74, 6) is -0.795. The molecule has 2 aromatic rings. The van der Waals surface area contributed by atoms with Crippen LogP contribution in [-0.4, -0.2) is 66.3 Å². The van der Waals surface area contributed by atoms with Crippen LogP contribution in [0, 0.1) is 0 Å². The molecular weight excluding hydrogens is 432 g/mol. The number of ether oxygens (including phenoxy) is 1. The van der Waals surface area contributed by atoms with Crippen molar-refractivity contribution in [2.24, 2.45) is 0 Å². The topological polar surface area (TPSA) is 150 Å². The zero-order valence-corrected chi connectivity index (χ0v) is 18.7. The average molecular weight is 457 g/mol. The predicted octanol–water partition coefficient (Wildman–Crippen LogP) is 0.965. The minimum absolute atomic E-state index is 0.00546. The van der Waals surface area contributed by atoms with Gasteiger partial charge in [0, 0.05) is 19.8 Å². The summed E-state index contributed by atoms with van der Waals surface area (Å²) in [5, 5.41) is 10.8. The number of nitrogen functional groups attached to an aromatic ring is 1. The number of sulfonamides is 1. The molecule has 1 amide bonds. The van der Waals surface area contributed by atoms with Gasteiger partial charge in [0.15, 0.2) is 5.16 Å². The Labute approximate surface area is 179 Å². The molecule has 0 aliphatic carbocycles. The van der Waals surface area contributed by atoms with Crippen molar-refractivity contribution in [1.29, 1.82) is 0 Å². The molecule has 1 heterocycles. The smallest absolute Gasteiger partial charge is 0.316 e. The van der Waals surface area contributed by atoms with E-state index in [9.17, 15) is 18.0 Å². The summed E-state index contributed by atoms with van der Waals surface area (Å²) in [6, 6.07) is 5.10. The lowest BCUT2D eigenvalue weighted by atomic mass is 10.2. The molecule has 0 saturated heterocycles. The molecule has 13 heteroatoms. The molecule has 0 aliphatic rings. The van der Waals surface area contributed by atoms with Gasteiger partial charge in [0.2, 0.25) is 21.9 Å². The maximum absolute atomic E-state index is 12.9. The maximum atomic E-state index is 12.9. The molecule has 11 nitrogen and oxygen atoms in total. The fourth-order valence-corrected chi connectivity index (χ4v) is 4.22. The van der Waals surface area contributed by atoms with Gasteiger partial charge in [-0.25, -0.2) is 12.7 Å². The van der Waals surface area contributed by atoms with E-state index < -0.39 is 22.0 Å². The van der Waals surface area contributed by atoms with E-state index in [0.717, 1.165) is 16.1 Å². The van der Waals surface area contributed by atoms with E-state index in [1.54, 1.807) is 6.92 Å². The SMILES string of the molecule is CCC(C(=O)Nc1ccc(S(=O)(=O)N(C)C)cc1)n1c(N)nnc1SCC(=O)OC. The molecule has 0 aliphatic heterocycles. The Morgan fingerprint density at radius 1 is 1.27 bits per heavy atom. The first kappa shape index (κ1) is 23.6. The van der Waals surface area contributed by atoms with Crippen LogP contribution in [0.4, 0.5) is 11.6 Å². The fourth-order valence-electron chi connectivity index (χ4n) is 2.49. The number of aromatic nitrogens is 3. The molecule has 1 atom stereocenters. The molecule has 1 aromatic heterocycles. The summed E-state index contributed by atoms with van der Waals surface area (Å²) in [6.45, 7) is 1.80. The summed E-state index contributed by atoms with van der Waals surface area (Å²) in [5.41, 5.74) is 6.32. The van der Waals surface area contributed by atoms with E-state index in [0.29, 0.717) is 17.3 Å². The lowest BCUT2D eigenvalue weighted by Gasteiger charge is -2.19. The normalized spacial score (nSPS) is 12.6. The van der Waals surface area contributed by atoms with E-state index in [4.69, 9.17) is 5.73 Å². The number of amides is 1. The van der Waals surface area contributed by atoms with Crippen molar-refractivity contribution >= 4 is 45.3 Å². The Balaban J connectivity index is 2.20. The van der Waals surface area contributed by atoms with Gasteiger partial charge < -0.3 is 15.8 Å². The van der Waals surface area contributed by atoms with Crippen LogP contribution in [-0.2, 0) is 24.3 Å². The Morgan fingerprint density at radius 3 is 2.43 bits per heavy atom. The van der Waals surface area contributed by atoms with E-state index in [1.807, 2.05) is 0 Å². The number of nitrogens with two attached hydrogens (primary N) is 1. The van der Waals surface area contributed by atoms with Crippen molar-refractivity contribution in [3.63, 3.8) is 0 Å². The highest BCUT2D eigenvalue weighted by Gasteiger charge is 2.26. The minimum Gasteiger partial charge on any atom is -0.468 e. The van der Waals surface area contributed by atoms with Gasteiger partial charge >= 0.3 is 5.97 Å². The third-order valence-corrected chi connectivity index (χ3v) is 6.89. The average Bonchev–Trinajstić information content (AvgIpc) is 3.07. The summed E-state index contributed by atoms with van der Waals surface area (Å²) >= 11 is 1.06. The Bertz CT molecular complexity index is 1000. The molecule has 0 spiro atoms. The molecule has 2 rings (SSSR count). The summed E-state index contributed by atoms with van der Waals surface area (Å²) < 4.78 is 31.5. The van der Waals surface area contributed by atoms with Crippen molar-refractivity contribution in [3.05, 3.63) is 24.3 Å². The van der Waals surface area contributed by atoms with Crippen LogP contribution in [0.15, 0.2) is 34.3 Å². The van der Waals surface area contributed by atoms with Crippen LogP contribution in [0.3, 0.4) is 0 Å². The molecule has 0 radical (unpaired) electrons. The standard InChI is InChI=1S/C17H24N6O5S2/c1-5-13(23-16(18)20-21-17(23)29-10-14(24)28-4)15(25)19-11-6-8-12(9-7-11)30(26,27)22(2)3/h6-9,13H,5,10H2,1-4H3,(H2,18,20)(H,19,25). The zero-order chi connectivity index (χ0) is 22.5. The van der Waals surface area contributed by atoms with E-state index >= 15 is 0 Å². The lowest BCUT2D eigenvalue weighted by Crippen LogP contribution is -2.27. The maximum Gasteiger partial charge on any atom is 0.316 e. The monoisotopic (exact) mass is 456 g/mol. The molecule has 0 saturated carbocycles. The first-order valence-electron chi connectivity index (χ1n) is 8.85. The number of carbonyl (C=O) groups excluding carboxylic acids is 2. The number of rotatable bonds is 9. The second-order valence-corrected chi connectivity index (χ2v) is 9.40. The van der Waals surface area contributed by atoms with Gasteiger partial charge in [-0.1, -0.05) is 18.7 Å². The van der Waals surface area contributed by atoms with Crippen LogP contribution < -0.4 is 11.1 Å². The lowest BCUT2D eigenvalue weighted by molar-refractivity contribution is -0.137. The third kappa shape index (κ3) is 5.29. The number of benzene rings is 1. The van der Waals surface area contributed by atoms with Crippen LogP contribution in [0.5, 0.6) is 0 Å². The van der Waals surface area contributed by atoms with Gasteiger partial charge in [-0.05, 0) is 30.7 Å². The van der Waals surface area contributed by atoms with Crippen LogP contribution in [0.2, 0.25) is 0 Å². The van der Waals surface area contributed by atoms with E-state index in [2.05, 4.69) is 20.3 Å². The molecule has 0 fully saturated rings. The molecule has 3 N–H and O–H groups in total. The molecular formula is C17H24N6O5S2. The van der Waals surface area contributed by atoms with Gasteiger partial charge in [-0.2, -0.15) is 0 Å². The highest BCUT2D eigenvalue weighted by atomic mass is 32.2. The van der Waals surface area contributed by atoms with Crippen molar-refractivity contribution in [2.75, 3.05) is 38.0 Å². The van der Waals surface area contributed by atoms with Crippen LogP contribution >= 0.6 is 11.8 Å².